The maximum Gasteiger partial charge on any atom is 0.334 e. The summed E-state index contributed by atoms with van der Waals surface area (Å²) in [4.78, 5) is 22.8. The van der Waals surface area contributed by atoms with Crippen LogP contribution in [0.25, 0.3) is 6.08 Å². The Morgan fingerprint density at radius 1 is 1.13 bits per heavy atom. The quantitative estimate of drug-likeness (QED) is 0.352. The average molecular weight is 311 g/mol. The topological polar surface area (TPSA) is 69.4 Å². The van der Waals surface area contributed by atoms with Gasteiger partial charge in [-0.2, -0.15) is 0 Å². The molecule has 5 heteroatoms. The monoisotopic (exact) mass is 311 g/mol. The minimum absolute atomic E-state index is 0.0395. The van der Waals surface area contributed by atoms with Gasteiger partial charge >= 0.3 is 5.97 Å². The normalized spacial score (nSPS) is 11.1. The van der Waals surface area contributed by atoms with Crippen molar-refractivity contribution in [3.8, 4) is 0 Å². The molecule has 0 amide bonds. The third kappa shape index (κ3) is 4.51. The molecule has 0 atom stereocenters. The van der Waals surface area contributed by atoms with Crippen molar-refractivity contribution < 1.29 is 14.5 Å². The molecular weight excluding hydrogens is 294 g/mol. The molecule has 0 heterocycles. The molecule has 0 aliphatic heterocycles. The highest BCUT2D eigenvalue weighted by molar-refractivity contribution is 5.94. The van der Waals surface area contributed by atoms with E-state index in [9.17, 15) is 14.9 Å². The van der Waals surface area contributed by atoms with Crippen molar-refractivity contribution in [2.75, 3.05) is 6.61 Å². The SMILES string of the molecule is CCOC(=O)/C(=C/c1ccccc1[N+](=O)[O-])Cc1ccccc1. The van der Waals surface area contributed by atoms with Gasteiger partial charge in [0.2, 0.25) is 0 Å². The first-order valence-electron chi connectivity index (χ1n) is 7.27. The van der Waals surface area contributed by atoms with Crippen molar-refractivity contribution in [3.63, 3.8) is 0 Å². The predicted molar refractivity (Wildman–Crippen MR) is 87.9 cm³/mol. The third-order valence-corrected chi connectivity index (χ3v) is 3.24. The molecule has 0 aliphatic carbocycles. The van der Waals surface area contributed by atoms with Gasteiger partial charge in [-0.05, 0) is 24.6 Å². The number of nitro groups is 1. The van der Waals surface area contributed by atoms with E-state index < -0.39 is 10.9 Å². The third-order valence-electron chi connectivity index (χ3n) is 3.24. The van der Waals surface area contributed by atoms with Crippen molar-refractivity contribution in [3.05, 3.63) is 81.4 Å². The van der Waals surface area contributed by atoms with Crippen molar-refractivity contribution in [1.29, 1.82) is 0 Å². The molecule has 0 bridgehead atoms. The minimum atomic E-state index is -0.463. The van der Waals surface area contributed by atoms with E-state index in [2.05, 4.69) is 0 Å². The lowest BCUT2D eigenvalue weighted by molar-refractivity contribution is -0.385. The summed E-state index contributed by atoms with van der Waals surface area (Å²) in [6, 6.07) is 15.8. The Kier molecular flexibility index (Phi) is 5.63. The Morgan fingerprint density at radius 2 is 1.78 bits per heavy atom. The second kappa shape index (κ2) is 7.89. The van der Waals surface area contributed by atoms with Crippen molar-refractivity contribution in [2.24, 2.45) is 0 Å². The van der Waals surface area contributed by atoms with Gasteiger partial charge in [0.1, 0.15) is 0 Å². The van der Waals surface area contributed by atoms with Gasteiger partial charge in [0.15, 0.2) is 0 Å². The van der Waals surface area contributed by atoms with Crippen LogP contribution in [0, 0.1) is 10.1 Å². The van der Waals surface area contributed by atoms with E-state index in [1.165, 1.54) is 12.1 Å². The zero-order chi connectivity index (χ0) is 16.7. The number of ether oxygens (including phenoxy) is 1. The highest BCUT2D eigenvalue weighted by atomic mass is 16.6. The van der Waals surface area contributed by atoms with Crippen LogP contribution in [0.2, 0.25) is 0 Å². The number of esters is 1. The number of nitro benzene ring substituents is 1. The Labute approximate surface area is 134 Å². The Hall–Kier alpha value is -2.95. The molecule has 0 spiro atoms. The Bertz CT molecular complexity index is 723. The molecule has 2 aromatic rings. The fourth-order valence-corrected chi connectivity index (χ4v) is 2.19. The smallest absolute Gasteiger partial charge is 0.334 e. The first kappa shape index (κ1) is 16.4. The minimum Gasteiger partial charge on any atom is -0.463 e. The van der Waals surface area contributed by atoms with Crippen molar-refractivity contribution in [2.45, 2.75) is 13.3 Å². The number of rotatable bonds is 6. The van der Waals surface area contributed by atoms with Gasteiger partial charge < -0.3 is 4.74 Å². The van der Waals surface area contributed by atoms with Crippen LogP contribution < -0.4 is 0 Å². The van der Waals surface area contributed by atoms with Crippen LogP contribution >= 0.6 is 0 Å². The van der Waals surface area contributed by atoms with Crippen LogP contribution in [0.3, 0.4) is 0 Å². The van der Waals surface area contributed by atoms with Crippen LogP contribution in [0.1, 0.15) is 18.1 Å². The second-order valence-corrected chi connectivity index (χ2v) is 4.87. The predicted octanol–water partition coefficient (Wildman–Crippen LogP) is 3.78. The van der Waals surface area contributed by atoms with Crippen molar-refractivity contribution >= 4 is 17.7 Å². The number of carbonyl (C=O) groups is 1. The molecule has 0 unspecified atom stereocenters. The molecule has 23 heavy (non-hydrogen) atoms. The molecular formula is C18H17NO4. The number of nitrogens with zero attached hydrogens (tertiary/aromatic N) is 1. The molecule has 0 saturated carbocycles. The molecule has 0 fully saturated rings. The van der Waals surface area contributed by atoms with Crippen LogP contribution in [-0.4, -0.2) is 17.5 Å². The molecule has 2 aromatic carbocycles. The first-order chi connectivity index (χ1) is 11.1. The van der Waals surface area contributed by atoms with Gasteiger partial charge in [-0.1, -0.05) is 42.5 Å². The van der Waals surface area contributed by atoms with E-state index in [1.807, 2.05) is 30.3 Å². The van der Waals surface area contributed by atoms with E-state index in [0.717, 1.165) is 5.56 Å². The average Bonchev–Trinajstić information content (AvgIpc) is 2.55. The standard InChI is InChI=1S/C18H17NO4/c1-2-23-18(20)16(12-14-8-4-3-5-9-14)13-15-10-6-7-11-17(15)19(21)22/h3-11,13H,2,12H2,1H3/b16-13+. The number of hydrogen-bond donors (Lipinski definition) is 0. The lowest BCUT2D eigenvalue weighted by atomic mass is 10.0. The van der Waals surface area contributed by atoms with Crippen molar-refractivity contribution in [1.82, 2.24) is 0 Å². The van der Waals surface area contributed by atoms with Crippen LogP contribution in [0.15, 0.2) is 60.2 Å². The van der Waals surface area contributed by atoms with Gasteiger partial charge in [0.05, 0.1) is 17.1 Å². The highest BCUT2D eigenvalue weighted by Crippen LogP contribution is 2.22. The number of para-hydroxylation sites is 1. The summed E-state index contributed by atoms with van der Waals surface area (Å²) in [6.07, 6.45) is 1.88. The van der Waals surface area contributed by atoms with E-state index in [4.69, 9.17) is 4.74 Å². The molecule has 0 aromatic heterocycles. The number of carbonyl (C=O) groups excluding carboxylic acids is 1. The second-order valence-electron chi connectivity index (χ2n) is 4.87. The maximum absolute atomic E-state index is 12.2. The molecule has 0 N–H and O–H groups in total. The van der Waals surface area contributed by atoms with Crippen LogP contribution in [0.4, 0.5) is 5.69 Å². The van der Waals surface area contributed by atoms with Gasteiger partial charge in [0, 0.05) is 18.1 Å². The van der Waals surface area contributed by atoms with Gasteiger partial charge in [0.25, 0.3) is 5.69 Å². The van der Waals surface area contributed by atoms with Gasteiger partial charge in [-0.25, -0.2) is 4.79 Å². The van der Waals surface area contributed by atoms with Crippen LogP contribution in [-0.2, 0) is 16.0 Å². The fraction of sp³-hybridized carbons (Fsp3) is 0.167. The van der Waals surface area contributed by atoms with E-state index in [-0.39, 0.29) is 12.3 Å². The first-order valence-corrected chi connectivity index (χ1v) is 7.27. The summed E-state index contributed by atoms with van der Waals surface area (Å²) in [6.45, 7) is 1.98. The fourth-order valence-electron chi connectivity index (χ4n) is 2.19. The summed E-state index contributed by atoms with van der Waals surface area (Å²) in [5.74, 6) is -0.463. The summed E-state index contributed by atoms with van der Waals surface area (Å²) in [5, 5.41) is 11.1. The van der Waals surface area contributed by atoms with Crippen LogP contribution in [0.5, 0.6) is 0 Å². The molecule has 2 rings (SSSR count). The number of benzene rings is 2. The van der Waals surface area contributed by atoms with E-state index in [0.29, 0.717) is 17.6 Å². The summed E-state index contributed by atoms with van der Waals surface area (Å²) in [7, 11) is 0. The highest BCUT2D eigenvalue weighted by Gasteiger charge is 2.16. The maximum atomic E-state index is 12.2. The lowest BCUT2D eigenvalue weighted by Crippen LogP contribution is -2.10. The van der Waals surface area contributed by atoms with E-state index in [1.54, 1.807) is 25.1 Å². The largest absolute Gasteiger partial charge is 0.463 e. The molecule has 0 saturated heterocycles. The summed E-state index contributed by atoms with van der Waals surface area (Å²) >= 11 is 0. The Balaban J connectivity index is 2.41. The molecule has 5 nitrogen and oxygen atoms in total. The number of hydrogen-bond acceptors (Lipinski definition) is 4. The Morgan fingerprint density at radius 3 is 2.43 bits per heavy atom. The molecule has 0 aliphatic rings. The molecule has 118 valence electrons. The van der Waals surface area contributed by atoms with Gasteiger partial charge in [-0.3, -0.25) is 10.1 Å². The van der Waals surface area contributed by atoms with Gasteiger partial charge in [-0.15, -0.1) is 0 Å². The summed E-state index contributed by atoms with van der Waals surface area (Å²) < 4.78 is 5.07. The lowest BCUT2D eigenvalue weighted by Gasteiger charge is -2.08. The van der Waals surface area contributed by atoms with E-state index >= 15 is 0 Å². The molecule has 0 radical (unpaired) electrons. The summed E-state index contributed by atoms with van der Waals surface area (Å²) in [5.41, 5.74) is 1.66. The zero-order valence-electron chi connectivity index (χ0n) is 12.8. The zero-order valence-corrected chi connectivity index (χ0v) is 12.8.